The maximum absolute atomic E-state index is 12.7. The van der Waals surface area contributed by atoms with E-state index in [0.717, 1.165) is 15.3 Å². The third kappa shape index (κ3) is 3.52. The van der Waals surface area contributed by atoms with Crippen LogP contribution < -0.4 is 11.1 Å². The molecule has 0 heterocycles. The monoisotopic (exact) mass is 378 g/mol. The summed E-state index contributed by atoms with van der Waals surface area (Å²) in [4.78, 5) is 0. The molecule has 0 radical (unpaired) electrons. The quantitative estimate of drug-likeness (QED) is 0.591. The number of nitrogen functional groups attached to an aromatic ring is 1. The smallest absolute Gasteiger partial charge is 0.398 e. The molecule has 0 atom stereocenters. The summed E-state index contributed by atoms with van der Waals surface area (Å²) in [5.74, 6) is 0. The van der Waals surface area contributed by atoms with Crippen molar-refractivity contribution < 1.29 is 13.2 Å². The summed E-state index contributed by atoms with van der Waals surface area (Å²) < 4.78 is 39.2. The fourth-order valence-electron chi connectivity index (χ4n) is 1.61. The van der Waals surface area contributed by atoms with Crippen LogP contribution in [0, 0.1) is 3.57 Å². The van der Waals surface area contributed by atoms with Crippen LogP contribution in [0.3, 0.4) is 0 Å². The average molecular weight is 378 g/mol. The Labute approximate surface area is 122 Å². The third-order valence-electron chi connectivity index (χ3n) is 2.47. The highest BCUT2D eigenvalue weighted by molar-refractivity contribution is 14.1. The molecule has 3 N–H and O–H groups in total. The highest BCUT2D eigenvalue weighted by atomic mass is 127. The number of rotatable bonds is 2. The van der Waals surface area contributed by atoms with E-state index in [9.17, 15) is 13.2 Å². The molecule has 0 aliphatic carbocycles. The molecule has 0 saturated heterocycles. The van der Waals surface area contributed by atoms with Gasteiger partial charge in [0.25, 0.3) is 0 Å². The van der Waals surface area contributed by atoms with E-state index in [2.05, 4.69) is 27.9 Å². The molecule has 2 aromatic rings. The van der Waals surface area contributed by atoms with Crippen molar-refractivity contribution >= 4 is 39.7 Å². The maximum Gasteiger partial charge on any atom is 0.418 e. The Bertz CT molecular complexity index is 597. The molecule has 0 aliphatic rings. The van der Waals surface area contributed by atoms with Crippen molar-refractivity contribution in [1.29, 1.82) is 0 Å². The van der Waals surface area contributed by atoms with Crippen molar-refractivity contribution in [3.05, 3.63) is 51.6 Å². The lowest BCUT2D eigenvalue weighted by Crippen LogP contribution is -2.09. The Morgan fingerprint density at radius 1 is 1.00 bits per heavy atom. The zero-order chi connectivity index (χ0) is 14.0. The average Bonchev–Trinajstić information content (AvgIpc) is 2.30. The predicted molar refractivity (Wildman–Crippen MR) is 78.3 cm³/mol. The Balaban J connectivity index is 2.32. The molecule has 0 aliphatic heterocycles. The number of nitrogens with two attached hydrogens (primary N) is 1. The second-order valence-electron chi connectivity index (χ2n) is 3.94. The van der Waals surface area contributed by atoms with E-state index in [-0.39, 0.29) is 5.69 Å². The van der Waals surface area contributed by atoms with Gasteiger partial charge < -0.3 is 11.1 Å². The molecular weight excluding hydrogens is 368 g/mol. The Morgan fingerprint density at radius 3 is 2.32 bits per heavy atom. The molecule has 0 fully saturated rings. The van der Waals surface area contributed by atoms with Crippen LogP contribution in [0.15, 0.2) is 42.5 Å². The van der Waals surface area contributed by atoms with Crippen LogP contribution in [0.4, 0.5) is 30.2 Å². The third-order valence-corrected chi connectivity index (χ3v) is 3.14. The molecule has 6 heteroatoms. The van der Waals surface area contributed by atoms with E-state index in [1.165, 1.54) is 12.1 Å². The van der Waals surface area contributed by atoms with E-state index >= 15 is 0 Å². The van der Waals surface area contributed by atoms with Crippen LogP contribution in [-0.4, -0.2) is 0 Å². The summed E-state index contributed by atoms with van der Waals surface area (Å²) in [6.45, 7) is 0. The number of hydrogen-bond acceptors (Lipinski definition) is 2. The molecule has 2 aromatic carbocycles. The molecule has 0 spiro atoms. The molecule has 0 aromatic heterocycles. The van der Waals surface area contributed by atoms with Crippen LogP contribution in [0.25, 0.3) is 0 Å². The van der Waals surface area contributed by atoms with Gasteiger partial charge in [-0.15, -0.1) is 0 Å². The summed E-state index contributed by atoms with van der Waals surface area (Å²) in [6.07, 6.45) is -4.45. The second-order valence-corrected chi connectivity index (χ2v) is 5.18. The number of nitrogens with one attached hydrogen (secondary N) is 1. The van der Waals surface area contributed by atoms with Crippen molar-refractivity contribution in [3.8, 4) is 0 Å². The topological polar surface area (TPSA) is 38.0 Å². The molecule has 2 rings (SSSR count). The van der Waals surface area contributed by atoms with Gasteiger partial charge in [0.15, 0.2) is 0 Å². The Morgan fingerprint density at radius 2 is 1.68 bits per heavy atom. The minimum Gasteiger partial charge on any atom is -0.398 e. The van der Waals surface area contributed by atoms with Gasteiger partial charge in [0.2, 0.25) is 0 Å². The first-order valence-electron chi connectivity index (χ1n) is 5.35. The molecule has 0 unspecified atom stereocenters. The number of anilines is 3. The number of halogens is 4. The lowest BCUT2D eigenvalue weighted by molar-refractivity contribution is -0.136. The van der Waals surface area contributed by atoms with Crippen molar-refractivity contribution in [1.82, 2.24) is 0 Å². The van der Waals surface area contributed by atoms with E-state index in [4.69, 9.17) is 5.73 Å². The SMILES string of the molecule is Nc1ccc(Nc2cccc(I)c2)cc1C(F)(F)F. The van der Waals surface area contributed by atoms with E-state index in [0.29, 0.717) is 5.69 Å². The van der Waals surface area contributed by atoms with Gasteiger partial charge in [0, 0.05) is 20.6 Å². The first kappa shape index (κ1) is 14.0. The van der Waals surface area contributed by atoms with Crippen LogP contribution in [0.1, 0.15) is 5.56 Å². The second kappa shape index (κ2) is 5.28. The first-order valence-corrected chi connectivity index (χ1v) is 6.43. The van der Waals surface area contributed by atoms with Gasteiger partial charge in [-0.05, 0) is 59.0 Å². The molecular formula is C13H10F3IN2. The van der Waals surface area contributed by atoms with Gasteiger partial charge in [-0.2, -0.15) is 13.2 Å². The fraction of sp³-hybridized carbons (Fsp3) is 0.0769. The molecule has 0 bridgehead atoms. The van der Waals surface area contributed by atoms with Crippen LogP contribution >= 0.6 is 22.6 Å². The minimum absolute atomic E-state index is 0.277. The van der Waals surface area contributed by atoms with Crippen LogP contribution in [0.5, 0.6) is 0 Å². The summed E-state index contributed by atoms with van der Waals surface area (Å²) in [5.41, 5.74) is 5.31. The molecule has 19 heavy (non-hydrogen) atoms. The fourth-order valence-corrected chi connectivity index (χ4v) is 2.16. The molecule has 0 amide bonds. The van der Waals surface area contributed by atoms with Gasteiger partial charge in [0.05, 0.1) is 5.56 Å². The summed E-state index contributed by atoms with van der Waals surface area (Å²) in [7, 11) is 0. The standard InChI is InChI=1S/C13H10F3IN2/c14-13(15,16)11-7-10(4-5-12(11)18)19-9-3-1-2-8(17)6-9/h1-7,19H,18H2. The largest absolute Gasteiger partial charge is 0.418 e. The van der Waals surface area contributed by atoms with Crippen molar-refractivity contribution in [3.63, 3.8) is 0 Å². The maximum atomic E-state index is 12.7. The zero-order valence-corrected chi connectivity index (χ0v) is 11.8. The van der Waals surface area contributed by atoms with Crippen molar-refractivity contribution in [2.24, 2.45) is 0 Å². The normalized spacial score (nSPS) is 11.4. The summed E-state index contributed by atoms with van der Waals surface area (Å²) >= 11 is 2.13. The van der Waals surface area contributed by atoms with Crippen molar-refractivity contribution in [2.45, 2.75) is 6.18 Å². The highest BCUT2D eigenvalue weighted by Crippen LogP contribution is 2.35. The van der Waals surface area contributed by atoms with Gasteiger partial charge >= 0.3 is 6.18 Å². The number of hydrogen-bond donors (Lipinski definition) is 2. The Kier molecular flexibility index (Phi) is 3.88. The van der Waals surface area contributed by atoms with Gasteiger partial charge in [-0.1, -0.05) is 6.07 Å². The van der Waals surface area contributed by atoms with Crippen LogP contribution in [-0.2, 0) is 6.18 Å². The van der Waals surface area contributed by atoms with E-state index in [1.807, 2.05) is 18.2 Å². The lowest BCUT2D eigenvalue weighted by atomic mass is 10.1. The predicted octanol–water partition coefficient (Wildman–Crippen LogP) is 4.64. The number of alkyl halides is 3. The van der Waals surface area contributed by atoms with Gasteiger partial charge in [0.1, 0.15) is 0 Å². The summed E-state index contributed by atoms with van der Waals surface area (Å²) in [6, 6.07) is 11.1. The zero-order valence-electron chi connectivity index (χ0n) is 9.63. The summed E-state index contributed by atoms with van der Waals surface area (Å²) in [5, 5.41) is 2.92. The van der Waals surface area contributed by atoms with Crippen LogP contribution in [0.2, 0.25) is 0 Å². The molecule has 2 nitrogen and oxygen atoms in total. The lowest BCUT2D eigenvalue weighted by Gasteiger charge is -2.13. The van der Waals surface area contributed by atoms with Crippen molar-refractivity contribution in [2.75, 3.05) is 11.1 Å². The minimum atomic E-state index is -4.45. The van der Waals surface area contributed by atoms with Gasteiger partial charge in [-0.3, -0.25) is 0 Å². The first-order chi connectivity index (χ1) is 8.86. The Hall–Kier alpha value is -1.44. The highest BCUT2D eigenvalue weighted by Gasteiger charge is 2.33. The number of benzene rings is 2. The van der Waals surface area contributed by atoms with Gasteiger partial charge in [-0.25, -0.2) is 0 Å². The molecule has 0 saturated carbocycles. The van der Waals surface area contributed by atoms with E-state index < -0.39 is 11.7 Å². The van der Waals surface area contributed by atoms with E-state index in [1.54, 1.807) is 6.07 Å². The molecule has 100 valence electrons.